The molecule has 0 aromatic rings. The number of nitrogens with one attached hydrogen (secondary N) is 2. The van der Waals surface area contributed by atoms with Gasteiger partial charge in [0.15, 0.2) is 0 Å². The minimum Gasteiger partial charge on any atom is -0.317 e. The van der Waals surface area contributed by atoms with Crippen molar-refractivity contribution in [2.75, 3.05) is 13.1 Å². The maximum atomic E-state index is 8.28. The number of hydrogen-bond donors (Lipinski definition) is 3. The topological polar surface area (TPSA) is 44.3 Å². The summed E-state index contributed by atoms with van der Waals surface area (Å²) in [5, 5.41) is 11.7. The largest absolute Gasteiger partial charge is 0.317 e. The first-order chi connectivity index (χ1) is 5.12. The highest BCUT2D eigenvalue weighted by atomic mass is 16.5. The molecule has 0 radical (unpaired) electrons. The molecule has 0 amide bonds. The molecule has 0 bridgehead atoms. The van der Waals surface area contributed by atoms with Crippen molar-refractivity contribution in [1.29, 1.82) is 0 Å². The fraction of sp³-hybridized carbons (Fsp3) is 1.00. The Morgan fingerprint density at radius 1 is 1.27 bits per heavy atom. The summed E-state index contributed by atoms with van der Waals surface area (Å²) >= 11 is 0. The van der Waals surface area contributed by atoms with Crippen molar-refractivity contribution in [3.05, 3.63) is 0 Å². The molecule has 0 unspecified atom stereocenters. The molecule has 3 heteroatoms. The second kappa shape index (κ2) is 5.52. The van der Waals surface area contributed by atoms with E-state index < -0.39 is 0 Å². The molecule has 11 heavy (non-hydrogen) atoms. The Bertz CT molecular complexity index is 94.1. The van der Waals surface area contributed by atoms with E-state index in [-0.39, 0.29) is 5.54 Å². The van der Waals surface area contributed by atoms with Gasteiger partial charge in [0.05, 0.1) is 0 Å². The lowest BCUT2D eigenvalue weighted by Crippen LogP contribution is -2.39. The van der Waals surface area contributed by atoms with E-state index in [1.165, 1.54) is 0 Å². The molecule has 3 nitrogen and oxygen atoms in total. The van der Waals surface area contributed by atoms with Gasteiger partial charge in [0.1, 0.15) is 0 Å². The molecule has 0 aliphatic heterocycles. The third kappa shape index (κ3) is 6.28. The zero-order chi connectivity index (χ0) is 8.74. The van der Waals surface area contributed by atoms with E-state index in [0.29, 0.717) is 6.54 Å². The Hall–Kier alpha value is -0.120. The van der Waals surface area contributed by atoms with Crippen LogP contribution in [0.5, 0.6) is 0 Å². The molecule has 0 aliphatic carbocycles. The van der Waals surface area contributed by atoms with Crippen LogP contribution in [0.4, 0.5) is 0 Å². The Kier molecular flexibility index (Phi) is 5.46. The Morgan fingerprint density at radius 2 is 1.91 bits per heavy atom. The second-order valence-corrected chi connectivity index (χ2v) is 3.43. The van der Waals surface area contributed by atoms with Gasteiger partial charge < -0.3 is 10.5 Å². The highest BCUT2D eigenvalue weighted by Gasteiger charge is 2.11. The lowest BCUT2D eigenvalue weighted by molar-refractivity contribution is 0.164. The van der Waals surface area contributed by atoms with Crippen LogP contribution in [0.25, 0.3) is 0 Å². The predicted octanol–water partition coefficient (Wildman–Crippen LogP) is 1.13. The normalized spacial score (nSPS) is 12.0. The SMILES string of the molecule is CCC(C)(C)NCCCNO. The van der Waals surface area contributed by atoms with E-state index in [9.17, 15) is 0 Å². The first-order valence-electron chi connectivity index (χ1n) is 4.24. The van der Waals surface area contributed by atoms with Crippen LogP contribution in [-0.2, 0) is 0 Å². The molecule has 0 heterocycles. The molecule has 0 rings (SSSR count). The summed E-state index contributed by atoms with van der Waals surface area (Å²) in [6, 6.07) is 0. The van der Waals surface area contributed by atoms with Crippen molar-refractivity contribution in [2.45, 2.75) is 39.2 Å². The van der Waals surface area contributed by atoms with Crippen LogP contribution in [-0.4, -0.2) is 23.8 Å². The molecule has 0 saturated heterocycles. The third-order valence-corrected chi connectivity index (χ3v) is 1.95. The summed E-state index contributed by atoms with van der Waals surface area (Å²) < 4.78 is 0. The van der Waals surface area contributed by atoms with Gasteiger partial charge in [-0.25, -0.2) is 5.48 Å². The van der Waals surface area contributed by atoms with Gasteiger partial charge in [-0.15, -0.1) is 0 Å². The minimum absolute atomic E-state index is 0.232. The van der Waals surface area contributed by atoms with E-state index >= 15 is 0 Å². The van der Waals surface area contributed by atoms with Gasteiger partial charge in [0.2, 0.25) is 0 Å². The van der Waals surface area contributed by atoms with Gasteiger partial charge >= 0.3 is 0 Å². The Balaban J connectivity index is 3.23. The second-order valence-electron chi connectivity index (χ2n) is 3.43. The van der Waals surface area contributed by atoms with Crippen LogP contribution >= 0.6 is 0 Å². The van der Waals surface area contributed by atoms with Gasteiger partial charge in [-0.3, -0.25) is 0 Å². The van der Waals surface area contributed by atoms with E-state index in [0.717, 1.165) is 19.4 Å². The Labute approximate surface area is 69.1 Å². The summed E-state index contributed by atoms with van der Waals surface area (Å²) in [4.78, 5) is 0. The first-order valence-corrected chi connectivity index (χ1v) is 4.24. The monoisotopic (exact) mass is 160 g/mol. The van der Waals surface area contributed by atoms with Crippen molar-refractivity contribution in [3.8, 4) is 0 Å². The smallest absolute Gasteiger partial charge is 0.0219 e. The van der Waals surface area contributed by atoms with E-state index in [1.807, 2.05) is 0 Å². The van der Waals surface area contributed by atoms with Crippen LogP contribution in [0.2, 0.25) is 0 Å². The molecular formula is C8H20N2O. The molecule has 0 aromatic carbocycles. The fourth-order valence-electron chi connectivity index (χ4n) is 0.719. The standard InChI is InChI=1S/C8H20N2O/c1-4-8(2,3)9-6-5-7-10-11/h9-11H,4-7H2,1-3H3. The van der Waals surface area contributed by atoms with Crippen molar-refractivity contribution in [1.82, 2.24) is 10.8 Å². The van der Waals surface area contributed by atoms with Crippen LogP contribution < -0.4 is 10.8 Å². The van der Waals surface area contributed by atoms with Gasteiger partial charge in [-0.05, 0) is 33.2 Å². The zero-order valence-corrected chi connectivity index (χ0v) is 7.78. The van der Waals surface area contributed by atoms with Crippen molar-refractivity contribution < 1.29 is 5.21 Å². The van der Waals surface area contributed by atoms with E-state index in [2.05, 4.69) is 31.6 Å². The quantitative estimate of drug-likeness (QED) is 0.403. The molecule has 0 aliphatic rings. The van der Waals surface area contributed by atoms with Gasteiger partial charge in [0.25, 0.3) is 0 Å². The van der Waals surface area contributed by atoms with Crippen LogP contribution in [0.1, 0.15) is 33.6 Å². The maximum absolute atomic E-state index is 8.28. The average Bonchev–Trinajstić information content (AvgIpc) is 1.99. The molecule has 0 atom stereocenters. The van der Waals surface area contributed by atoms with Crippen molar-refractivity contribution in [2.24, 2.45) is 0 Å². The number of rotatable bonds is 6. The molecule has 0 spiro atoms. The fourth-order valence-corrected chi connectivity index (χ4v) is 0.719. The highest BCUT2D eigenvalue weighted by Crippen LogP contribution is 2.05. The summed E-state index contributed by atoms with van der Waals surface area (Å²) in [7, 11) is 0. The Morgan fingerprint density at radius 3 is 2.36 bits per heavy atom. The summed E-state index contributed by atoms with van der Waals surface area (Å²) in [5.74, 6) is 0. The van der Waals surface area contributed by atoms with Crippen LogP contribution in [0.15, 0.2) is 0 Å². The molecule has 0 fully saturated rings. The van der Waals surface area contributed by atoms with Crippen LogP contribution in [0, 0.1) is 0 Å². The van der Waals surface area contributed by atoms with Gasteiger partial charge in [0, 0.05) is 12.1 Å². The van der Waals surface area contributed by atoms with Crippen LogP contribution in [0.3, 0.4) is 0 Å². The predicted molar refractivity (Wildman–Crippen MR) is 46.8 cm³/mol. The van der Waals surface area contributed by atoms with E-state index in [1.54, 1.807) is 0 Å². The molecule has 0 aromatic heterocycles. The summed E-state index contributed by atoms with van der Waals surface area (Å²) in [5.41, 5.74) is 2.36. The molecule has 68 valence electrons. The first kappa shape index (κ1) is 10.9. The molecule has 3 N–H and O–H groups in total. The van der Waals surface area contributed by atoms with Gasteiger partial charge in [-0.1, -0.05) is 6.92 Å². The van der Waals surface area contributed by atoms with Crippen molar-refractivity contribution >= 4 is 0 Å². The lowest BCUT2D eigenvalue weighted by atomic mass is 10.0. The highest BCUT2D eigenvalue weighted by molar-refractivity contribution is 4.74. The summed E-state index contributed by atoms with van der Waals surface area (Å²) in [6.07, 6.45) is 2.08. The molecular weight excluding hydrogens is 140 g/mol. The number of hydrogen-bond acceptors (Lipinski definition) is 3. The molecule has 0 saturated carbocycles. The average molecular weight is 160 g/mol. The lowest BCUT2D eigenvalue weighted by Gasteiger charge is -2.24. The minimum atomic E-state index is 0.232. The number of hydroxylamine groups is 1. The third-order valence-electron chi connectivity index (χ3n) is 1.95. The van der Waals surface area contributed by atoms with E-state index in [4.69, 9.17) is 5.21 Å². The maximum Gasteiger partial charge on any atom is 0.0219 e. The van der Waals surface area contributed by atoms with Gasteiger partial charge in [-0.2, -0.15) is 0 Å². The zero-order valence-electron chi connectivity index (χ0n) is 7.78. The summed E-state index contributed by atoms with van der Waals surface area (Å²) in [6.45, 7) is 8.14. The van der Waals surface area contributed by atoms with Crippen molar-refractivity contribution in [3.63, 3.8) is 0 Å².